The highest BCUT2D eigenvalue weighted by Crippen LogP contribution is 2.28. The number of piperazine rings is 1. The van der Waals surface area contributed by atoms with Gasteiger partial charge in [-0.15, -0.1) is 11.3 Å². The predicted molar refractivity (Wildman–Crippen MR) is 122 cm³/mol. The average Bonchev–Trinajstić information content (AvgIpc) is 3.36. The average molecular weight is 463 g/mol. The highest BCUT2D eigenvalue weighted by atomic mass is 32.2. The molecule has 2 aromatic rings. The van der Waals surface area contributed by atoms with Crippen molar-refractivity contribution in [2.75, 3.05) is 39.3 Å². The molecule has 1 fully saturated rings. The summed E-state index contributed by atoms with van der Waals surface area (Å²) >= 11 is 1.84. The molecule has 0 radical (unpaired) electrons. The van der Waals surface area contributed by atoms with Crippen molar-refractivity contribution in [3.05, 3.63) is 45.4 Å². The molecule has 0 bridgehead atoms. The summed E-state index contributed by atoms with van der Waals surface area (Å²) in [7, 11) is -3.51. The van der Waals surface area contributed by atoms with E-state index in [2.05, 4.69) is 4.90 Å². The maximum Gasteiger partial charge on any atom is 0.253 e. The molecule has 0 atom stereocenters. The third kappa shape index (κ3) is 4.69. The Morgan fingerprint density at radius 2 is 1.74 bits per heavy atom. The molecule has 31 heavy (non-hydrogen) atoms. The van der Waals surface area contributed by atoms with Crippen LogP contribution in [0.2, 0.25) is 0 Å². The number of fused-ring (bicyclic) bond motifs is 1. The minimum Gasteiger partial charge on any atom is -0.336 e. The number of aromatic nitrogens is 1. The van der Waals surface area contributed by atoms with Gasteiger partial charge in [0.15, 0.2) is 0 Å². The quantitative estimate of drug-likeness (QED) is 0.632. The van der Waals surface area contributed by atoms with Gasteiger partial charge < -0.3 is 4.90 Å². The molecule has 1 aromatic carbocycles. The first-order chi connectivity index (χ1) is 14.9. The van der Waals surface area contributed by atoms with Crippen molar-refractivity contribution >= 4 is 27.3 Å². The summed E-state index contributed by atoms with van der Waals surface area (Å²) in [5.41, 5.74) is 1.82. The van der Waals surface area contributed by atoms with E-state index >= 15 is 0 Å². The molecule has 9 heteroatoms. The van der Waals surface area contributed by atoms with Gasteiger partial charge in [0, 0.05) is 49.7 Å². The van der Waals surface area contributed by atoms with Crippen LogP contribution in [0.5, 0.6) is 0 Å². The van der Waals surface area contributed by atoms with Gasteiger partial charge in [-0.25, -0.2) is 13.4 Å². The number of nitrogens with zero attached hydrogens (tertiary/aromatic N) is 4. The smallest absolute Gasteiger partial charge is 0.253 e. The molecule has 0 unspecified atom stereocenters. The lowest BCUT2D eigenvalue weighted by Gasteiger charge is -2.34. The molecule has 1 aromatic heterocycles. The minimum absolute atomic E-state index is 0.0420. The van der Waals surface area contributed by atoms with E-state index in [1.807, 2.05) is 30.1 Å². The first-order valence-corrected chi connectivity index (χ1v) is 13.3. The van der Waals surface area contributed by atoms with E-state index in [4.69, 9.17) is 4.98 Å². The number of aryl methyl sites for hydroxylation is 2. The van der Waals surface area contributed by atoms with Gasteiger partial charge in [0.05, 0.1) is 17.1 Å². The van der Waals surface area contributed by atoms with Crippen LogP contribution in [0.3, 0.4) is 0 Å². The molecule has 1 aliphatic heterocycles. The van der Waals surface area contributed by atoms with E-state index in [1.165, 1.54) is 32.7 Å². The van der Waals surface area contributed by atoms with E-state index in [0.717, 1.165) is 26.1 Å². The number of benzene rings is 1. The largest absolute Gasteiger partial charge is 0.336 e. The summed E-state index contributed by atoms with van der Waals surface area (Å²) in [5, 5.41) is 1.19. The van der Waals surface area contributed by atoms with Gasteiger partial charge in [0.25, 0.3) is 5.91 Å². The maximum atomic E-state index is 12.9. The maximum absolute atomic E-state index is 12.9. The third-order valence-electron chi connectivity index (χ3n) is 6.10. The summed E-state index contributed by atoms with van der Waals surface area (Å²) < 4.78 is 26.7. The van der Waals surface area contributed by atoms with Crippen LogP contribution in [0, 0.1) is 0 Å². The zero-order valence-electron chi connectivity index (χ0n) is 18.2. The second-order valence-electron chi connectivity index (χ2n) is 8.01. The summed E-state index contributed by atoms with van der Waals surface area (Å²) in [6, 6.07) is 6.34. The molecule has 1 saturated heterocycles. The Labute approximate surface area is 188 Å². The summed E-state index contributed by atoms with van der Waals surface area (Å²) in [5.74, 6) is -0.0420. The van der Waals surface area contributed by atoms with Crippen LogP contribution in [0.15, 0.2) is 29.2 Å². The van der Waals surface area contributed by atoms with E-state index in [9.17, 15) is 13.2 Å². The molecule has 4 rings (SSSR count). The lowest BCUT2D eigenvalue weighted by Crippen LogP contribution is -2.48. The second kappa shape index (κ2) is 9.36. The lowest BCUT2D eigenvalue weighted by atomic mass is 10.2. The first kappa shape index (κ1) is 22.4. The van der Waals surface area contributed by atoms with E-state index in [-0.39, 0.29) is 10.8 Å². The van der Waals surface area contributed by atoms with Crippen LogP contribution in [0.1, 0.15) is 46.2 Å². The Hall–Kier alpha value is -1.81. The van der Waals surface area contributed by atoms with Crippen molar-refractivity contribution in [2.45, 2.75) is 44.6 Å². The number of hydrogen-bond donors (Lipinski definition) is 0. The molecule has 168 valence electrons. The Morgan fingerprint density at radius 1 is 1.06 bits per heavy atom. The third-order valence-corrected chi connectivity index (χ3v) is 9.31. The van der Waals surface area contributed by atoms with Crippen molar-refractivity contribution in [3.8, 4) is 0 Å². The van der Waals surface area contributed by atoms with Crippen molar-refractivity contribution in [2.24, 2.45) is 0 Å². The Bertz CT molecular complexity index is 1000. The number of rotatable bonds is 7. The van der Waals surface area contributed by atoms with Crippen LogP contribution in [-0.2, 0) is 29.4 Å². The van der Waals surface area contributed by atoms with Crippen LogP contribution in [-0.4, -0.2) is 72.7 Å². The number of hydrogen-bond acceptors (Lipinski definition) is 6. The SMILES string of the molecule is CCN(CC)S(=O)(=O)c1ccc(C(=O)N2CCN(Cc3nc4c(s3)CCC4)CC2)cc1. The number of thiazole rings is 1. The topological polar surface area (TPSA) is 73.8 Å². The van der Waals surface area contributed by atoms with Crippen molar-refractivity contribution in [3.63, 3.8) is 0 Å². The van der Waals surface area contributed by atoms with E-state index in [0.29, 0.717) is 31.7 Å². The normalized spacial score (nSPS) is 17.3. The Balaban J connectivity index is 1.34. The van der Waals surface area contributed by atoms with Crippen molar-refractivity contribution < 1.29 is 13.2 Å². The fourth-order valence-corrected chi connectivity index (χ4v) is 6.93. The van der Waals surface area contributed by atoms with Gasteiger partial charge in [-0.1, -0.05) is 13.8 Å². The zero-order valence-corrected chi connectivity index (χ0v) is 19.8. The molecule has 1 amide bonds. The van der Waals surface area contributed by atoms with Crippen LogP contribution in [0.4, 0.5) is 0 Å². The Kier molecular flexibility index (Phi) is 6.76. The monoisotopic (exact) mass is 462 g/mol. The molecule has 0 spiro atoms. The number of amides is 1. The van der Waals surface area contributed by atoms with Crippen molar-refractivity contribution in [1.82, 2.24) is 19.1 Å². The van der Waals surface area contributed by atoms with Gasteiger partial charge in [-0.3, -0.25) is 9.69 Å². The first-order valence-electron chi connectivity index (χ1n) is 11.0. The molecule has 7 nitrogen and oxygen atoms in total. The molecule has 0 N–H and O–H groups in total. The fraction of sp³-hybridized carbons (Fsp3) is 0.545. The highest BCUT2D eigenvalue weighted by molar-refractivity contribution is 7.89. The van der Waals surface area contributed by atoms with Crippen LogP contribution >= 0.6 is 11.3 Å². The summed E-state index contributed by atoms with van der Waals surface area (Å²) in [6.45, 7) is 8.33. The van der Waals surface area contributed by atoms with Gasteiger partial charge in [0.2, 0.25) is 10.0 Å². The van der Waals surface area contributed by atoms with E-state index in [1.54, 1.807) is 24.3 Å². The standard InChI is InChI=1S/C22H30N4O3S2/c1-3-26(4-2)31(28,29)18-10-8-17(9-11-18)22(27)25-14-12-24(13-15-25)16-21-23-19-6-5-7-20(19)30-21/h8-11H,3-7,12-16H2,1-2H3. The van der Waals surface area contributed by atoms with Gasteiger partial charge in [0.1, 0.15) is 5.01 Å². The highest BCUT2D eigenvalue weighted by Gasteiger charge is 2.25. The molecule has 1 aliphatic carbocycles. The number of sulfonamides is 1. The summed E-state index contributed by atoms with van der Waals surface area (Å²) in [4.78, 5) is 23.6. The zero-order chi connectivity index (χ0) is 22.0. The van der Waals surface area contributed by atoms with Gasteiger partial charge in [-0.05, 0) is 43.5 Å². The van der Waals surface area contributed by atoms with Gasteiger partial charge in [-0.2, -0.15) is 4.31 Å². The van der Waals surface area contributed by atoms with Crippen molar-refractivity contribution in [1.29, 1.82) is 0 Å². The fourth-order valence-electron chi connectivity index (χ4n) is 4.28. The molecular weight excluding hydrogens is 432 g/mol. The van der Waals surface area contributed by atoms with Crippen LogP contribution in [0.25, 0.3) is 0 Å². The van der Waals surface area contributed by atoms with Crippen LogP contribution < -0.4 is 0 Å². The molecular formula is C22H30N4O3S2. The number of carbonyl (C=O) groups excluding carboxylic acids is 1. The second-order valence-corrected chi connectivity index (χ2v) is 11.1. The molecule has 0 saturated carbocycles. The lowest BCUT2D eigenvalue weighted by molar-refractivity contribution is 0.0628. The molecule has 2 heterocycles. The predicted octanol–water partition coefficient (Wildman–Crippen LogP) is 2.62. The summed E-state index contributed by atoms with van der Waals surface area (Å²) in [6.07, 6.45) is 3.52. The van der Waals surface area contributed by atoms with Gasteiger partial charge >= 0.3 is 0 Å². The minimum atomic E-state index is -3.51. The number of carbonyl (C=O) groups is 1. The Morgan fingerprint density at radius 3 is 2.35 bits per heavy atom. The van der Waals surface area contributed by atoms with E-state index < -0.39 is 10.0 Å². The molecule has 2 aliphatic rings.